The molecule has 29 heavy (non-hydrogen) atoms. The number of nitrogens with zero attached hydrogens (tertiary/aromatic N) is 4. The van der Waals surface area contributed by atoms with Crippen molar-refractivity contribution in [2.75, 3.05) is 62.7 Å². The number of amides is 2. The highest BCUT2D eigenvalue weighted by Gasteiger charge is 2.34. The second-order valence-electron chi connectivity index (χ2n) is 7.00. The van der Waals surface area contributed by atoms with Crippen LogP contribution in [0.15, 0.2) is 18.2 Å². The van der Waals surface area contributed by atoms with Crippen LogP contribution in [0.3, 0.4) is 0 Å². The predicted molar refractivity (Wildman–Crippen MR) is 109 cm³/mol. The Morgan fingerprint density at radius 2 is 2.07 bits per heavy atom. The van der Waals surface area contributed by atoms with Crippen LogP contribution in [0.2, 0.25) is 0 Å². The molecule has 0 aromatic heterocycles. The highest BCUT2D eigenvalue weighted by atomic mass is 32.1. The van der Waals surface area contributed by atoms with Crippen LogP contribution in [0.4, 0.5) is 20.6 Å². The molecule has 2 saturated heterocycles. The first-order chi connectivity index (χ1) is 13.8. The van der Waals surface area contributed by atoms with Crippen molar-refractivity contribution in [2.45, 2.75) is 6.10 Å². The molecule has 0 saturated carbocycles. The molecular formula is C18H24FN5O4S. The molecule has 0 spiro atoms. The number of benzene rings is 1. The fourth-order valence-electron chi connectivity index (χ4n) is 3.44. The number of ether oxygens (including phenoxy) is 1. The Balaban J connectivity index is 1.65. The molecule has 0 aliphatic carbocycles. The molecule has 2 heterocycles. The van der Waals surface area contributed by atoms with E-state index in [4.69, 9.17) is 27.8 Å². The van der Waals surface area contributed by atoms with Gasteiger partial charge < -0.3 is 30.3 Å². The van der Waals surface area contributed by atoms with Crippen LogP contribution < -0.4 is 15.5 Å². The van der Waals surface area contributed by atoms with Crippen molar-refractivity contribution in [1.29, 1.82) is 0 Å². The minimum absolute atomic E-state index is 0.204. The molecule has 0 radical (unpaired) electrons. The smallest absolute Gasteiger partial charge is 0.414 e. The van der Waals surface area contributed by atoms with Gasteiger partial charge in [0.05, 0.1) is 24.5 Å². The van der Waals surface area contributed by atoms with E-state index in [1.54, 1.807) is 29.0 Å². The van der Waals surface area contributed by atoms with Gasteiger partial charge in [0, 0.05) is 33.2 Å². The number of likely N-dealkylation sites (N-methyl/N-ethyl adjacent to an activating group) is 1. The minimum Gasteiger partial charge on any atom is -0.442 e. The number of aliphatic hydroxyl groups excluding tert-OH is 1. The summed E-state index contributed by atoms with van der Waals surface area (Å²) in [5, 5.41) is 9.15. The summed E-state index contributed by atoms with van der Waals surface area (Å²) in [5.41, 5.74) is 6.36. The van der Waals surface area contributed by atoms with Gasteiger partial charge in [-0.25, -0.2) is 9.18 Å². The second kappa shape index (κ2) is 8.78. The standard InChI is InChI=1S/C18H24FN5O4S/c1-21(17(20)29)9-13-10-24(18(27)28-13)12-2-3-15(14(19)8-12)22-4-6-23(7-5-22)16(26)11-25/h2-3,8,13,25H,4-7,9-11H2,1H3,(H2,20,29). The molecule has 3 rings (SSSR count). The van der Waals surface area contributed by atoms with Crippen LogP contribution in [-0.4, -0.2) is 91.0 Å². The van der Waals surface area contributed by atoms with E-state index in [0.29, 0.717) is 44.1 Å². The minimum atomic E-state index is -0.547. The van der Waals surface area contributed by atoms with Gasteiger partial charge in [-0.15, -0.1) is 0 Å². The Morgan fingerprint density at radius 3 is 2.66 bits per heavy atom. The van der Waals surface area contributed by atoms with Crippen LogP contribution in [0.25, 0.3) is 0 Å². The van der Waals surface area contributed by atoms with Crippen molar-refractivity contribution in [3.63, 3.8) is 0 Å². The number of carbonyl (C=O) groups excluding carboxylic acids is 2. The van der Waals surface area contributed by atoms with E-state index in [1.165, 1.54) is 11.0 Å². The zero-order valence-electron chi connectivity index (χ0n) is 16.1. The number of cyclic esters (lactones) is 1. The maximum atomic E-state index is 14.8. The van der Waals surface area contributed by atoms with E-state index in [0.717, 1.165) is 0 Å². The van der Waals surface area contributed by atoms with Gasteiger partial charge in [0.1, 0.15) is 18.5 Å². The van der Waals surface area contributed by atoms with E-state index >= 15 is 0 Å². The monoisotopic (exact) mass is 425 g/mol. The largest absolute Gasteiger partial charge is 0.442 e. The molecule has 1 unspecified atom stereocenters. The molecule has 9 nitrogen and oxygen atoms in total. The van der Waals surface area contributed by atoms with E-state index in [-0.39, 0.29) is 17.6 Å². The molecule has 2 amide bonds. The predicted octanol–water partition coefficient (Wildman–Crippen LogP) is -0.0328. The first-order valence-corrected chi connectivity index (χ1v) is 9.63. The first-order valence-electron chi connectivity index (χ1n) is 9.22. The first kappa shape index (κ1) is 21.1. The third kappa shape index (κ3) is 4.67. The maximum absolute atomic E-state index is 14.8. The van der Waals surface area contributed by atoms with Crippen molar-refractivity contribution in [1.82, 2.24) is 9.80 Å². The van der Waals surface area contributed by atoms with E-state index in [9.17, 15) is 14.0 Å². The topological polar surface area (TPSA) is 103 Å². The van der Waals surface area contributed by atoms with Crippen LogP contribution >= 0.6 is 12.2 Å². The van der Waals surface area contributed by atoms with Crippen molar-refractivity contribution in [3.05, 3.63) is 24.0 Å². The Kier molecular flexibility index (Phi) is 6.38. The zero-order valence-corrected chi connectivity index (χ0v) is 16.9. The fraction of sp³-hybridized carbons (Fsp3) is 0.500. The maximum Gasteiger partial charge on any atom is 0.414 e. The third-order valence-electron chi connectivity index (χ3n) is 5.08. The second-order valence-corrected chi connectivity index (χ2v) is 7.42. The number of aliphatic hydroxyl groups is 1. The lowest BCUT2D eigenvalue weighted by Crippen LogP contribution is -2.49. The molecule has 11 heteroatoms. The molecule has 3 N–H and O–H groups in total. The van der Waals surface area contributed by atoms with Gasteiger partial charge in [0.2, 0.25) is 5.91 Å². The molecule has 2 fully saturated rings. The number of rotatable bonds is 5. The SMILES string of the molecule is CN(CC1CN(c2ccc(N3CCN(C(=O)CO)CC3)c(F)c2)C(=O)O1)C(N)=S. The highest BCUT2D eigenvalue weighted by molar-refractivity contribution is 7.80. The highest BCUT2D eigenvalue weighted by Crippen LogP contribution is 2.28. The number of carbonyl (C=O) groups is 2. The van der Waals surface area contributed by atoms with Gasteiger partial charge in [0.25, 0.3) is 0 Å². The fourth-order valence-corrected chi connectivity index (χ4v) is 3.51. The van der Waals surface area contributed by atoms with Crippen molar-refractivity contribution >= 4 is 40.7 Å². The molecule has 158 valence electrons. The van der Waals surface area contributed by atoms with Crippen molar-refractivity contribution in [2.24, 2.45) is 5.73 Å². The van der Waals surface area contributed by atoms with Gasteiger partial charge in [-0.05, 0) is 30.4 Å². The number of nitrogens with two attached hydrogens (primary N) is 1. The Morgan fingerprint density at radius 1 is 1.38 bits per heavy atom. The summed E-state index contributed by atoms with van der Waals surface area (Å²) in [6, 6.07) is 4.60. The summed E-state index contributed by atoms with van der Waals surface area (Å²) >= 11 is 4.89. The van der Waals surface area contributed by atoms with Gasteiger partial charge in [0.15, 0.2) is 5.11 Å². The normalized spacial score (nSPS) is 19.3. The zero-order chi connectivity index (χ0) is 21.1. The number of thiocarbonyl (C=S) groups is 1. The van der Waals surface area contributed by atoms with Crippen molar-refractivity contribution in [3.8, 4) is 0 Å². The number of halogens is 1. The van der Waals surface area contributed by atoms with E-state index in [2.05, 4.69) is 0 Å². The number of hydrogen-bond acceptors (Lipinski definition) is 6. The summed E-state index contributed by atoms with van der Waals surface area (Å²) in [5.74, 6) is -0.787. The molecule has 0 bridgehead atoms. The van der Waals surface area contributed by atoms with Gasteiger partial charge in [-0.3, -0.25) is 9.69 Å². The molecule has 1 aromatic carbocycles. The summed E-state index contributed by atoms with van der Waals surface area (Å²) in [4.78, 5) is 30.1. The Labute approximate surface area is 173 Å². The quantitative estimate of drug-likeness (QED) is 0.634. The Hall–Kier alpha value is -2.66. The van der Waals surface area contributed by atoms with Crippen LogP contribution in [0.1, 0.15) is 0 Å². The van der Waals surface area contributed by atoms with Crippen LogP contribution in [-0.2, 0) is 9.53 Å². The lowest BCUT2D eigenvalue weighted by molar-refractivity contribution is -0.134. The average Bonchev–Trinajstić information content (AvgIpc) is 3.07. The van der Waals surface area contributed by atoms with E-state index in [1.807, 2.05) is 4.90 Å². The summed E-state index contributed by atoms with van der Waals surface area (Å²) < 4.78 is 20.1. The molecular weight excluding hydrogens is 401 g/mol. The van der Waals surface area contributed by atoms with E-state index < -0.39 is 24.6 Å². The lowest BCUT2D eigenvalue weighted by atomic mass is 10.2. The molecule has 2 aliphatic heterocycles. The van der Waals surface area contributed by atoms with Crippen molar-refractivity contribution < 1.29 is 23.8 Å². The molecule has 2 aliphatic rings. The Bertz CT molecular complexity index is 802. The number of hydrogen-bond donors (Lipinski definition) is 2. The van der Waals surface area contributed by atoms with Gasteiger partial charge in [-0.2, -0.15) is 0 Å². The van der Waals surface area contributed by atoms with Gasteiger partial charge in [-0.1, -0.05) is 0 Å². The third-order valence-corrected chi connectivity index (χ3v) is 5.39. The summed E-state index contributed by atoms with van der Waals surface area (Å²) in [6.45, 7) is 1.85. The van der Waals surface area contributed by atoms with Crippen LogP contribution in [0.5, 0.6) is 0 Å². The number of anilines is 2. The van der Waals surface area contributed by atoms with Gasteiger partial charge >= 0.3 is 6.09 Å². The average molecular weight is 425 g/mol. The molecule has 1 atom stereocenters. The number of piperazine rings is 1. The molecule has 1 aromatic rings. The summed E-state index contributed by atoms with van der Waals surface area (Å²) in [7, 11) is 1.71. The lowest BCUT2D eigenvalue weighted by Gasteiger charge is -2.36. The van der Waals surface area contributed by atoms with Crippen LogP contribution in [0, 0.1) is 5.82 Å². The summed E-state index contributed by atoms with van der Waals surface area (Å²) in [6.07, 6.45) is -0.969.